The lowest BCUT2D eigenvalue weighted by molar-refractivity contribution is 0.141. The van der Waals surface area contributed by atoms with Gasteiger partial charge in [0.1, 0.15) is 10.5 Å². The molecule has 0 saturated carbocycles. The smallest absolute Gasteiger partial charge is 0.268 e. The lowest BCUT2D eigenvalue weighted by Crippen LogP contribution is -2.43. The third kappa shape index (κ3) is 3.03. The SMILES string of the molecule is Cl.NCC1CCCCN1Cc1nc2ccsc2c(=O)[nH]1. The Morgan fingerprint density at radius 1 is 1.50 bits per heavy atom. The van der Waals surface area contributed by atoms with Gasteiger partial charge in [0, 0.05) is 12.6 Å². The number of aromatic amines is 1. The van der Waals surface area contributed by atoms with E-state index in [4.69, 9.17) is 5.73 Å². The molecule has 5 nitrogen and oxygen atoms in total. The molecule has 110 valence electrons. The van der Waals surface area contributed by atoms with Crippen molar-refractivity contribution in [3.05, 3.63) is 27.6 Å². The molecule has 0 bridgehead atoms. The number of halogens is 1. The molecule has 2 aromatic heterocycles. The van der Waals surface area contributed by atoms with Crippen molar-refractivity contribution in [3.63, 3.8) is 0 Å². The van der Waals surface area contributed by atoms with Gasteiger partial charge in [-0.05, 0) is 30.8 Å². The summed E-state index contributed by atoms with van der Waals surface area (Å²) in [6, 6.07) is 2.31. The molecule has 3 N–H and O–H groups in total. The minimum absolute atomic E-state index is 0. The maximum absolute atomic E-state index is 11.9. The van der Waals surface area contributed by atoms with Crippen LogP contribution < -0.4 is 11.3 Å². The Balaban J connectivity index is 0.00000147. The maximum Gasteiger partial charge on any atom is 0.268 e. The number of nitrogens with two attached hydrogens (primary N) is 1. The zero-order valence-corrected chi connectivity index (χ0v) is 12.8. The summed E-state index contributed by atoms with van der Waals surface area (Å²) in [4.78, 5) is 21.7. The number of nitrogens with one attached hydrogen (secondary N) is 1. The molecule has 0 spiro atoms. The Labute approximate surface area is 127 Å². The van der Waals surface area contributed by atoms with Crippen molar-refractivity contribution in [2.75, 3.05) is 13.1 Å². The third-order valence-corrected chi connectivity index (χ3v) is 4.64. The molecule has 1 atom stereocenters. The van der Waals surface area contributed by atoms with Gasteiger partial charge in [0.2, 0.25) is 0 Å². The number of hydrogen-bond donors (Lipinski definition) is 2. The van der Waals surface area contributed by atoms with E-state index in [-0.39, 0.29) is 18.0 Å². The van der Waals surface area contributed by atoms with Crippen LogP contribution in [0.1, 0.15) is 25.1 Å². The number of rotatable bonds is 3. The summed E-state index contributed by atoms with van der Waals surface area (Å²) in [5, 5.41) is 1.90. The molecule has 20 heavy (non-hydrogen) atoms. The number of nitrogens with zero attached hydrogens (tertiary/aromatic N) is 2. The normalized spacial score (nSPS) is 19.9. The molecule has 0 aromatic carbocycles. The minimum atomic E-state index is -0.0312. The fraction of sp³-hybridized carbons (Fsp3) is 0.538. The van der Waals surface area contributed by atoms with Gasteiger partial charge in [-0.25, -0.2) is 4.98 Å². The number of thiophene rings is 1. The van der Waals surface area contributed by atoms with Crippen molar-refractivity contribution in [2.24, 2.45) is 5.73 Å². The molecular weight excluding hydrogens is 296 g/mol. The van der Waals surface area contributed by atoms with Gasteiger partial charge in [-0.15, -0.1) is 23.7 Å². The zero-order valence-electron chi connectivity index (χ0n) is 11.2. The summed E-state index contributed by atoms with van der Waals surface area (Å²) < 4.78 is 0.706. The lowest BCUT2D eigenvalue weighted by atomic mass is 10.0. The van der Waals surface area contributed by atoms with Crippen LogP contribution in [0.2, 0.25) is 0 Å². The topological polar surface area (TPSA) is 75.0 Å². The van der Waals surface area contributed by atoms with Gasteiger partial charge in [-0.2, -0.15) is 0 Å². The molecule has 1 aliphatic heterocycles. The predicted molar refractivity (Wildman–Crippen MR) is 84.6 cm³/mol. The average Bonchev–Trinajstić information content (AvgIpc) is 2.88. The van der Waals surface area contributed by atoms with Gasteiger partial charge in [-0.1, -0.05) is 6.42 Å². The highest BCUT2D eigenvalue weighted by Crippen LogP contribution is 2.19. The highest BCUT2D eigenvalue weighted by molar-refractivity contribution is 7.17. The second kappa shape index (κ2) is 6.67. The molecular formula is C13H19ClN4OS. The average molecular weight is 315 g/mol. The summed E-state index contributed by atoms with van der Waals surface area (Å²) in [5.41, 5.74) is 6.58. The van der Waals surface area contributed by atoms with E-state index in [0.29, 0.717) is 23.8 Å². The summed E-state index contributed by atoms with van der Waals surface area (Å²) in [6.07, 6.45) is 3.58. The molecule has 1 unspecified atom stereocenters. The number of likely N-dealkylation sites (tertiary alicyclic amines) is 1. The van der Waals surface area contributed by atoms with E-state index in [9.17, 15) is 4.79 Å². The molecule has 1 aliphatic rings. The summed E-state index contributed by atoms with van der Waals surface area (Å²) >= 11 is 1.43. The molecule has 0 aliphatic carbocycles. The fourth-order valence-electron chi connectivity index (χ4n) is 2.72. The van der Waals surface area contributed by atoms with Crippen LogP contribution in [-0.4, -0.2) is 34.0 Å². The van der Waals surface area contributed by atoms with Gasteiger partial charge in [0.25, 0.3) is 5.56 Å². The van der Waals surface area contributed by atoms with E-state index in [1.54, 1.807) is 0 Å². The first-order chi connectivity index (χ1) is 9.28. The van der Waals surface area contributed by atoms with Crippen molar-refractivity contribution >= 4 is 34.0 Å². The van der Waals surface area contributed by atoms with Crippen LogP contribution >= 0.6 is 23.7 Å². The van der Waals surface area contributed by atoms with Crippen LogP contribution in [-0.2, 0) is 6.54 Å². The van der Waals surface area contributed by atoms with Crippen LogP contribution in [0.5, 0.6) is 0 Å². The van der Waals surface area contributed by atoms with E-state index >= 15 is 0 Å². The third-order valence-electron chi connectivity index (χ3n) is 3.74. The van der Waals surface area contributed by atoms with Crippen LogP contribution in [0.4, 0.5) is 0 Å². The van der Waals surface area contributed by atoms with Crippen LogP contribution in [0, 0.1) is 0 Å². The van der Waals surface area contributed by atoms with Crippen LogP contribution in [0.3, 0.4) is 0 Å². The highest BCUT2D eigenvalue weighted by Gasteiger charge is 2.22. The molecule has 1 saturated heterocycles. The van der Waals surface area contributed by atoms with Gasteiger partial charge < -0.3 is 10.7 Å². The van der Waals surface area contributed by atoms with Gasteiger partial charge in [0.15, 0.2) is 0 Å². The Morgan fingerprint density at radius 2 is 2.35 bits per heavy atom. The number of aromatic nitrogens is 2. The second-order valence-corrected chi connectivity index (χ2v) is 5.92. The van der Waals surface area contributed by atoms with Crippen molar-refractivity contribution in [2.45, 2.75) is 31.8 Å². The molecule has 1 fully saturated rings. The highest BCUT2D eigenvalue weighted by atomic mass is 35.5. The molecule has 3 heterocycles. The molecule has 3 rings (SSSR count). The van der Waals surface area contributed by atoms with Gasteiger partial charge in [-0.3, -0.25) is 9.69 Å². The van der Waals surface area contributed by atoms with Crippen LogP contribution in [0.15, 0.2) is 16.2 Å². The molecule has 2 aromatic rings. The number of piperidine rings is 1. The lowest BCUT2D eigenvalue weighted by Gasteiger charge is -2.34. The van der Waals surface area contributed by atoms with Crippen LogP contribution in [0.25, 0.3) is 10.2 Å². The number of H-pyrrole nitrogens is 1. The van der Waals surface area contributed by atoms with Crippen molar-refractivity contribution in [1.29, 1.82) is 0 Å². The van der Waals surface area contributed by atoms with E-state index in [0.717, 1.165) is 24.3 Å². The summed E-state index contributed by atoms with van der Waals surface area (Å²) in [5.74, 6) is 0.747. The molecule has 0 amide bonds. The minimum Gasteiger partial charge on any atom is -0.329 e. The predicted octanol–water partition coefficient (Wildman–Crippen LogP) is 1.72. The quantitative estimate of drug-likeness (QED) is 0.904. The maximum atomic E-state index is 11.9. The van der Waals surface area contributed by atoms with Gasteiger partial charge >= 0.3 is 0 Å². The molecule has 0 radical (unpaired) electrons. The summed E-state index contributed by atoms with van der Waals surface area (Å²) in [7, 11) is 0. The van der Waals surface area contributed by atoms with Crippen molar-refractivity contribution in [3.8, 4) is 0 Å². The summed E-state index contributed by atoms with van der Waals surface area (Å²) in [6.45, 7) is 2.39. The Bertz CT molecular complexity index is 626. The zero-order chi connectivity index (χ0) is 13.2. The Morgan fingerprint density at radius 3 is 3.15 bits per heavy atom. The van der Waals surface area contributed by atoms with Crippen molar-refractivity contribution < 1.29 is 0 Å². The first kappa shape index (κ1) is 15.4. The van der Waals surface area contributed by atoms with E-state index in [1.165, 1.54) is 24.2 Å². The largest absolute Gasteiger partial charge is 0.329 e. The standard InChI is InChI=1S/C13H18N4OS.ClH/c14-7-9-3-1-2-5-17(9)8-11-15-10-4-6-19-12(10)13(18)16-11;/h4,6,9H,1-3,5,7-8,14H2,(H,15,16,18);1H. The van der Waals surface area contributed by atoms with Crippen molar-refractivity contribution in [1.82, 2.24) is 14.9 Å². The van der Waals surface area contributed by atoms with E-state index in [1.807, 2.05) is 11.4 Å². The first-order valence-electron chi connectivity index (χ1n) is 6.68. The Hall–Kier alpha value is -0.950. The van der Waals surface area contributed by atoms with E-state index in [2.05, 4.69) is 14.9 Å². The monoisotopic (exact) mass is 314 g/mol. The Kier molecular flexibility index (Phi) is 5.15. The number of fused-ring (bicyclic) bond motifs is 1. The second-order valence-electron chi connectivity index (χ2n) is 5.00. The molecule has 7 heteroatoms. The number of hydrogen-bond acceptors (Lipinski definition) is 5. The van der Waals surface area contributed by atoms with Gasteiger partial charge in [0.05, 0.1) is 12.1 Å². The van der Waals surface area contributed by atoms with E-state index < -0.39 is 0 Å². The fourth-order valence-corrected chi connectivity index (χ4v) is 3.45. The first-order valence-corrected chi connectivity index (χ1v) is 7.56.